The van der Waals surface area contributed by atoms with Gasteiger partial charge in [-0.2, -0.15) is 0 Å². The molecule has 0 unspecified atom stereocenters. The summed E-state index contributed by atoms with van der Waals surface area (Å²) in [6.45, 7) is 2.89. The van der Waals surface area contributed by atoms with Crippen molar-refractivity contribution in [3.8, 4) is 0 Å². The van der Waals surface area contributed by atoms with Crippen molar-refractivity contribution in [3.05, 3.63) is 33.8 Å². The molecule has 1 fully saturated rings. The summed E-state index contributed by atoms with van der Waals surface area (Å²) in [7, 11) is 0. The number of rotatable bonds is 1. The fraction of sp³-hybridized carbons (Fsp3) is 0.462. The minimum atomic E-state index is -0.00954. The number of nitrogens with zero attached hydrogens (tertiary/aromatic N) is 1. The van der Waals surface area contributed by atoms with Crippen molar-refractivity contribution >= 4 is 29.1 Å². The third-order valence-electron chi connectivity index (χ3n) is 3.22. The van der Waals surface area contributed by atoms with Gasteiger partial charge in [-0.25, -0.2) is 0 Å². The summed E-state index contributed by atoms with van der Waals surface area (Å²) < 4.78 is 0. The predicted octanol–water partition coefficient (Wildman–Crippen LogP) is 4.01. The SMILES string of the molecule is C[C@@H]1CCCCN1C(=O)c1cc(Cl)ccc1Cl. The molecule has 1 amide bonds. The van der Waals surface area contributed by atoms with E-state index >= 15 is 0 Å². The van der Waals surface area contributed by atoms with Crippen molar-refractivity contribution in [1.82, 2.24) is 4.90 Å². The summed E-state index contributed by atoms with van der Waals surface area (Å²) in [5.41, 5.74) is 0.507. The molecule has 1 aromatic rings. The van der Waals surface area contributed by atoms with Crippen molar-refractivity contribution in [2.45, 2.75) is 32.2 Å². The van der Waals surface area contributed by atoms with Gasteiger partial charge in [0.25, 0.3) is 5.91 Å². The Hall–Kier alpha value is -0.730. The third kappa shape index (κ3) is 2.75. The molecule has 0 aliphatic carbocycles. The molecule has 1 aliphatic heterocycles. The monoisotopic (exact) mass is 271 g/mol. The van der Waals surface area contributed by atoms with Gasteiger partial charge >= 0.3 is 0 Å². The fourth-order valence-corrected chi connectivity index (χ4v) is 2.59. The number of hydrogen-bond donors (Lipinski definition) is 0. The van der Waals surface area contributed by atoms with E-state index in [9.17, 15) is 4.79 Å². The number of carbonyl (C=O) groups is 1. The Kier molecular flexibility index (Phi) is 3.95. The molecular formula is C13H15Cl2NO. The molecule has 92 valence electrons. The van der Waals surface area contributed by atoms with Gasteiger partial charge < -0.3 is 4.90 Å². The Morgan fingerprint density at radius 3 is 2.82 bits per heavy atom. The van der Waals surface area contributed by atoms with E-state index in [1.807, 2.05) is 4.90 Å². The summed E-state index contributed by atoms with van der Waals surface area (Å²) in [5.74, 6) is -0.00954. The Bertz CT molecular complexity index is 433. The first kappa shape index (κ1) is 12.7. The molecule has 0 saturated carbocycles. The second kappa shape index (κ2) is 5.28. The first-order valence-electron chi connectivity index (χ1n) is 5.85. The van der Waals surface area contributed by atoms with Gasteiger partial charge in [-0.3, -0.25) is 4.79 Å². The van der Waals surface area contributed by atoms with E-state index < -0.39 is 0 Å². The van der Waals surface area contributed by atoms with Gasteiger partial charge in [-0.05, 0) is 44.4 Å². The van der Waals surface area contributed by atoms with Crippen LogP contribution in [0.5, 0.6) is 0 Å². The van der Waals surface area contributed by atoms with Gasteiger partial charge in [0.1, 0.15) is 0 Å². The first-order chi connectivity index (χ1) is 8.09. The molecule has 0 radical (unpaired) electrons. The van der Waals surface area contributed by atoms with Crippen LogP contribution in [0.1, 0.15) is 36.5 Å². The topological polar surface area (TPSA) is 20.3 Å². The fourth-order valence-electron chi connectivity index (χ4n) is 2.22. The Balaban J connectivity index is 2.26. The quantitative estimate of drug-likeness (QED) is 0.756. The molecule has 1 heterocycles. The van der Waals surface area contributed by atoms with E-state index in [0.717, 1.165) is 19.4 Å². The van der Waals surface area contributed by atoms with Crippen LogP contribution >= 0.6 is 23.2 Å². The average molecular weight is 272 g/mol. The van der Waals surface area contributed by atoms with Crippen LogP contribution in [0.2, 0.25) is 10.0 Å². The maximum atomic E-state index is 12.4. The van der Waals surface area contributed by atoms with Crippen molar-refractivity contribution < 1.29 is 4.79 Å². The molecule has 2 rings (SSSR count). The van der Waals surface area contributed by atoms with Crippen LogP contribution in [0.3, 0.4) is 0 Å². The molecule has 2 nitrogen and oxygen atoms in total. The minimum Gasteiger partial charge on any atom is -0.336 e. The number of benzene rings is 1. The van der Waals surface area contributed by atoms with E-state index in [-0.39, 0.29) is 11.9 Å². The highest BCUT2D eigenvalue weighted by Gasteiger charge is 2.25. The van der Waals surface area contributed by atoms with Gasteiger partial charge in [0.2, 0.25) is 0 Å². The van der Waals surface area contributed by atoms with Gasteiger partial charge in [0.15, 0.2) is 0 Å². The van der Waals surface area contributed by atoms with Crippen molar-refractivity contribution in [2.75, 3.05) is 6.54 Å². The standard InChI is InChI=1S/C13H15Cl2NO/c1-9-4-2-3-7-16(9)13(17)11-8-10(14)5-6-12(11)15/h5-6,8-9H,2-4,7H2,1H3/t9-/m1/s1. The van der Waals surface area contributed by atoms with Crippen LogP contribution < -0.4 is 0 Å². The zero-order valence-corrected chi connectivity index (χ0v) is 11.3. The molecule has 0 N–H and O–H groups in total. The third-order valence-corrected chi connectivity index (χ3v) is 3.79. The molecule has 4 heteroatoms. The predicted molar refractivity (Wildman–Crippen MR) is 70.8 cm³/mol. The molecule has 17 heavy (non-hydrogen) atoms. The van der Waals surface area contributed by atoms with Gasteiger partial charge in [0.05, 0.1) is 10.6 Å². The minimum absolute atomic E-state index is 0.00954. The van der Waals surface area contributed by atoms with Crippen molar-refractivity contribution in [2.24, 2.45) is 0 Å². The Morgan fingerprint density at radius 1 is 1.35 bits per heavy atom. The molecule has 1 aliphatic rings. The summed E-state index contributed by atoms with van der Waals surface area (Å²) in [6, 6.07) is 5.30. The summed E-state index contributed by atoms with van der Waals surface area (Å²) in [6.07, 6.45) is 3.31. The lowest BCUT2D eigenvalue weighted by Crippen LogP contribution is -2.42. The molecule has 0 bridgehead atoms. The largest absolute Gasteiger partial charge is 0.336 e. The molecule has 1 atom stereocenters. The highest BCUT2D eigenvalue weighted by Crippen LogP contribution is 2.25. The summed E-state index contributed by atoms with van der Waals surface area (Å²) in [4.78, 5) is 14.3. The lowest BCUT2D eigenvalue weighted by atomic mass is 10.0. The second-order valence-electron chi connectivity index (χ2n) is 4.47. The Morgan fingerprint density at radius 2 is 2.12 bits per heavy atom. The molecule has 1 saturated heterocycles. The van der Waals surface area contributed by atoms with Crippen LogP contribution in [0.15, 0.2) is 18.2 Å². The van der Waals surface area contributed by atoms with Gasteiger partial charge in [0, 0.05) is 17.6 Å². The van der Waals surface area contributed by atoms with Crippen molar-refractivity contribution in [1.29, 1.82) is 0 Å². The number of halogens is 2. The number of hydrogen-bond acceptors (Lipinski definition) is 1. The van der Waals surface area contributed by atoms with Crippen LogP contribution in [-0.4, -0.2) is 23.4 Å². The smallest absolute Gasteiger partial charge is 0.255 e. The molecular weight excluding hydrogens is 257 g/mol. The van der Waals surface area contributed by atoms with Gasteiger partial charge in [-0.15, -0.1) is 0 Å². The van der Waals surface area contributed by atoms with E-state index in [1.54, 1.807) is 18.2 Å². The zero-order valence-electron chi connectivity index (χ0n) is 9.75. The van der Waals surface area contributed by atoms with E-state index in [2.05, 4.69) is 6.92 Å². The first-order valence-corrected chi connectivity index (χ1v) is 6.61. The summed E-state index contributed by atoms with van der Waals surface area (Å²) >= 11 is 12.0. The maximum absolute atomic E-state index is 12.4. The highest BCUT2D eigenvalue weighted by molar-refractivity contribution is 6.35. The zero-order chi connectivity index (χ0) is 12.4. The number of carbonyl (C=O) groups excluding carboxylic acids is 1. The highest BCUT2D eigenvalue weighted by atomic mass is 35.5. The van der Waals surface area contributed by atoms with Crippen LogP contribution in [0, 0.1) is 0 Å². The van der Waals surface area contributed by atoms with E-state index in [0.29, 0.717) is 15.6 Å². The Labute approximate surface area is 112 Å². The van der Waals surface area contributed by atoms with Crippen LogP contribution in [0.4, 0.5) is 0 Å². The molecule has 0 aromatic heterocycles. The normalized spacial score (nSPS) is 20.4. The number of likely N-dealkylation sites (tertiary alicyclic amines) is 1. The molecule has 1 aromatic carbocycles. The lowest BCUT2D eigenvalue weighted by molar-refractivity contribution is 0.0636. The average Bonchev–Trinajstić information content (AvgIpc) is 2.32. The second-order valence-corrected chi connectivity index (χ2v) is 5.31. The van der Waals surface area contributed by atoms with Gasteiger partial charge in [-0.1, -0.05) is 23.2 Å². The maximum Gasteiger partial charge on any atom is 0.255 e. The van der Waals surface area contributed by atoms with Crippen LogP contribution in [-0.2, 0) is 0 Å². The van der Waals surface area contributed by atoms with E-state index in [1.165, 1.54) is 6.42 Å². The van der Waals surface area contributed by atoms with E-state index in [4.69, 9.17) is 23.2 Å². The number of amides is 1. The number of piperidine rings is 1. The van der Waals surface area contributed by atoms with Crippen molar-refractivity contribution in [3.63, 3.8) is 0 Å². The summed E-state index contributed by atoms with van der Waals surface area (Å²) in [5, 5.41) is 1.01. The lowest BCUT2D eigenvalue weighted by Gasteiger charge is -2.33. The van der Waals surface area contributed by atoms with Crippen LogP contribution in [0.25, 0.3) is 0 Å². The molecule has 0 spiro atoms.